The number of hydrogen-bond donors (Lipinski definition) is 2. The lowest BCUT2D eigenvalue weighted by Gasteiger charge is -2.38. The van der Waals surface area contributed by atoms with E-state index in [-0.39, 0.29) is 41.9 Å². The predicted molar refractivity (Wildman–Crippen MR) is 117 cm³/mol. The SMILES string of the molecule is CCCNC(=O)[C@H]1[C@H](CO)[C@H]2Cn3c(ccc(-c4ccc(F)cc4)c3=O)[C@@H]1N2CCC. The number of aliphatic hydroxyl groups is 1. The van der Waals surface area contributed by atoms with Crippen molar-refractivity contribution in [3.05, 3.63) is 58.3 Å². The summed E-state index contributed by atoms with van der Waals surface area (Å²) in [6.07, 6.45) is 1.76. The number of carbonyl (C=O) groups excluding carboxylic acids is 1. The molecule has 7 heteroatoms. The van der Waals surface area contributed by atoms with Gasteiger partial charge in [0.05, 0.1) is 12.0 Å². The molecule has 0 unspecified atom stereocenters. The van der Waals surface area contributed by atoms with Gasteiger partial charge in [-0.05, 0) is 49.2 Å². The van der Waals surface area contributed by atoms with Crippen LogP contribution < -0.4 is 10.9 Å². The van der Waals surface area contributed by atoms with Gasteiger partial charge >= 0.3 is 0 Å². The number of amides is 1. The van der Waals surface area contributed by atoms with E-state index in [0.29, 0.717) is 24.2 Å². The van der Waals surface area contributed by atoms with E-state index in [9.17, 15) is 19.1 Å². The van der Waals surface area contributed by atoms with Crippen molar-refractivity contribution in [3.63, 3.8) is 0 Å². The van der Waals surface area contributed by atoms with Crippen LogP contribution in [0.5, 0.6) is 0 Å². The normalized spacial score (nSPS) is 24.8. The number of carbonyl (C=O) groups is 1. The Morgan fingerprint density at radius 2 is 1.90 bits per heavy atom. The Morgan fingerprint density at radius 1 is 1.16 bits per heavy atom. The second-order valence-corrected chi connectivity index (χ2v) is 8.51. The predicted octanol–water partition coefficient (Wildman–Crippen LogP) is 2.55. The highest BCUT2D eigenvalue weighted by Crippen LogP contribution is 2.48. The van der Waals surface area contributed by atoms with Crippen LogP contribution in [0.15, 0.2) is 41.2 Å². The number of pyridine rings is 1. The summed E-state index contributed by atoms with van der Waals surface area (Å²) in [5.74, 6) is -1.04. The summed E-state index contributed by atoms with van der Waals surface area (Å²) in [7, 11) is 0. The fourth-order valence-electron chi connectivity index (χ4n) is 5.30. The van der Waals surface area contributed by atoms with Gasteiger partial charge < -0.3 is 15.0 Å². The molecular formula is C24H30FN3O3. The first-order valence-electron chi connectivity index (χ1n) is 11.2. The van der Waals surface area contributed by atoms with Crippen LogP contribution in [0, 0.1) is 17.7 Å². The Kier molecular flexibility index (Phi) is 6.25. The molecule has 2 bridgehead atoms. The maximum atomic E-state index is 13.4. The van der Waals surface area contributed by atoms with Gasteiger partial charge in [-0.1, -0.05) is 26.0 Å². The van der Waals surface area contributed by atoms with Crippen LogP contribution in [-0.2, 0) is 11.3 Å². The Bertz CT molecular complexity index is 1000. The molecule has 4 atom stereocenters. The van der Waals surface area contributed by atoms with E-state index in [1.807, 2.05) is 13.0 Å². The zero-order valence-corrected chi connectivity index (χ0v) is 18.1. The van der Waals surface area contributed by atoms with Crippen molar-refractivity contribution in [1.82, 2.24) is 14.8 Å². The quantitative estimate of drug-likeness (QED) is 0.712. The fourth-order valence-corrected chi connectivity index (χ4v) is 5.30. The summed E-state index contributed by atoms with van der Waals surface area (Å²) in [5.41, 5.74) is 1.86. The van der Waals surface area contributed by atoms with Crippen LogP contribution in [0.4, 0.5) is 4.39 Å². The molecule has 1 saturated heterocycles. The molecule has 0 aliphatic carbocycles. The van der Waals surface area contributed by atoms with Crippen molar-refractivity contribution < 1.29 is 14.3 Å². The van der Waals surface area contributed by atoms with Gasteiger partial charge in [0.2, 0.25) is 5.91 Å². The molecule has 2 aliphatic heterocycles. The molecule has 1 fully saturated rings. The third-order valence-electron chi connectivity index (χ3n) is 6.66. The van der Waals surface area contributed by atoms with Gasteiger partial charge in [-0.25, -0.2) is 4.39 Å². The standard InChI is InChI=1S/C24H30FN3O3/c1-3-11-26-23(30)21-18(14-29)20-13-28-19(22(21)27(20)12-4-2)10-9-17(24(28)31)15-5-7-16(25)8-6-15/h5-10,18,20-22,29H,3-4,11-14H2,1-2H3,(H,26,30)/t18-,20-,21+,22+/m1/s1. The van der Waals surface area contributed by atoms with Crippen LogP contribution >= 0.6 is 0 Å². The number of benzene rings is 1. The number of aliphatic hydroxyl groups excluding tert-OH is 1. The molecule has 1 amide bonds. The summed E-state index contributed by atoms with van der Waals surface area (Å²) in [6.45, 7) is 5.83. The van der Waals surface area contributed by atoms with Gasteiger partial charge in [-0.2, -0.15) is 0 Å². The van der Waals surface area contributed by atoms with E-state index in [2.05, 4.69) is 17.1 Å². The van der Waals surface area contributed by atoms with Crippen molar-refractivity contribution in [2.45, 2.75) is 45.3 Å². The molecule has 1 aromatic heterocycles. The van der Waals surface area contributed by atoms with Crippen LogP contribution in [0.2, 0.25) is 0 Å². The van der Waals surface area contributed by atoms with E-state index in [1.54, 1.807) is 22.8 Å². The molecule has 0 saturated carbocycles. The highest BCUT2D eigenvalue weighted by molar-refractivity contribution is 5.80. The summed E-state index contributed by atoms with van der Waals surface area (Å²) in [5, 5.41) is 13.2. The topological polar surface area (TPSA) is 74.6 Å². The van der Waals surface area contributed by atoms with E-state index in [1.165, 1.54) is 12.1 Å². The number of halogens is 1. The maximum absolute atomic E-state index is 13.4. The average Bonchev–Trinajstić information content (AvgIpc) is 2.98. The summed E-state index contributed by atoms with van der Waals surface area (Å²) < 4.78 is 15.1. The molecule has 3 heterocycles. The Hall–Kier alpha value is -2.51. The second kappa shape index (κ2) is 8.93. The van der Waals surface area contributed by atoms with E-state index < -0.39 is 5.92 Å². The van der Waals surface area contributed by atoms with Crippen LogP contribution in [0.3, 0.4) is 0 Å². The van der Waals surface area contributed by atoms with Gasteiger partial charge in [0.15, 0.2) is 0 Å². The average molecular weight is 428 g/mol. The highest BCUT2D eigenvalue weighted by Gasteiger charge is 2.55. The van der Waals surface area contributed by atoms with Crippen molar-refractivity contribution >= 4 is 5.91 Å². The number of nitrogens with one attached hydrogen (secondary N) is 1. The fraction of sp³-hybridized carbons (Fsp3) is 0.500. The van der Waals surface area contributed by atoms with Gasteiger partial charge in [0, 0.05) is 42.9 Å². The first-order chi connectivity index (χ1) is 15.0. The largest absolute Gasteiger partial charge is 0.396 e. The Balaban J connectivity index is 1.80. The second-order valence-electron chi connectivity index (χ2n) is 8.51. The maximum Gasteiger partial charge on any atom is 0.258 e. The van der Waals surface area contributed by atoms with E-state index >= 15 is 0 Å². The zero-order chi connectivity index (χ0) is 22.1. The molecule has 4 rings (SSSR count). The van der Waals surface area contributed by atoms with Gasteiger partial charge in [0.25, 0.3) is 5.56 Å². The first-order valence-corrected chi connectivity index (χ1v) is 11.2. The molecule has 2 aromatic rings. The molecule has 0 radical (unpaired) electrons. The number of aromatic nitrogens is 1. The Morgan fingerprint density at radius 3 is 2.55 bits per heavy atom. The van der Waals surface area contributed by atoms with Crippen molar-refractivity contribution in [1.29, 1.82) is 0 Å². The van der Waals surface area contributed by atoms with Gasteiger partial charge in [-0.3, -0.25) is 14.5 Å². The number of nitrogens with zero attached hydrogens (tertiary/aromatic N) is 2. The number of hydrogen-bond acceptors (Lipinski definition) is 4. The molecule has 2 aliphatic rings. The Labute approximate surface area is 181 Å². The number of fused-ring (bicyclic) bond motifs is 4. The lowest BCUT2D eigenvalue weighted by Crippen LogP contribution is -2.47. The van der Waals surface area contributed by atoms with E-state index in [4.69, 9.17) is 0 Å². The molecular weight excluding hydrogens is 397 g/mol. The molecule has 166 valence electrons. The lowest BCUT2D eigenvalue weighted by atomic mass is 9.86. The minimum Gasteiger partial charge on any atom is -0.396 e. The molecule has 6 nitrogen and oxygen atoms in total. The molecule has 2 N–H and O–H groups in total. The lowest BCUT2D eigenvalue weighted by molar-refractivity contribution is -0.127. The van der Waals surface area contributed by atoms with Crippen LogP contribution in [0.25, 0.3) is 11.1 Å². The van der Waals surface area contributed by atoms with E-state index in [0.717, 1.165) is 25.1 Å². The van der Waals surface area contributed by atoms with Crippen molar-refractivity contribution in [2.75, 3.05) is 19.7 Å². The van der Waals surface area contributed by atoms with Crippen LogP contribution in [0.1, 0.15) is 38.4 Å². The number of rotatable bonds is 7. The van der Waals surface area contributed by atoms with Crippen LogP contribution in [-0.4, -0.2) is 46.2 Å². The van der Waals surface area contributed by atoms with Crippen molar-refractivity contribution in [2.24, 2.45) is 11.8 Å². The summed E-state index contributed by atoms with van der Waals surface area (Å²) in [4.78, 5) is 28.8. The third kappa shape index (κ3) is 3.70. The monoisotopic (exact) mass is 427 g/mol. The smallest absolute Gasteiger partial charge is 0.258 e. The zero-order valence-electron chi connectivity index (χ0n) is 18.1. The summed E-state index contributed by atoms with van der Waals surface area (Å²) in [6, 6.07) is 9.28. The molecule has 1 aromatic carbocycles. The minimum absolute atomic E-state index is 0.0574. The minimum atomic E-state index is -0.405. The first kappa shape index (κ1) is 21.7. The summed E-state index contributed by atoms with van der Waals surface area (Å²) >= 11 is 0. The van der Waals surface area contributed by atoms with Gasteiger partial charge in [-0.15, -0.1) is 0 Å². The molecule has 31 heavy (non-hydrogen) atoms. The van der Waals surface area contributed by atoms with Gasteiger partial charge in [0.1, 0.15) is 5.82 Å². The third-order valence-corrected chi connectivity index (χ3v) is 6.66. The van der Waals surface area contributed by atoms with Crippen molar-refractivity contribution in [3.8, 4) is 11.1 Å². The molecule has 0 spiro atoms. The highest BCUT2D eigenvalue weighted by atomic mass is 19.1.